The fourth-order valence-electron chi connectivity index (χ4n) is 5.66. The number of carbonyl (C=O) groups excluding carboxylic acids is 2. The highest BCUT2D eigenvalue weighted by atomic mass is 16.5. The fraction of sp³-hybridized carbons (Fsp3) is 0.533. The summed E-state index contributed by atoms with van der Waals surface area (Å²) in [5.74, 6) is 0.621. The van der Waals surface area contributed by atoms with Crippen LogP contribution < -0.4 is 14.5 Å². The molecule has 2 saturated heterocycles. The summed E-state index contributed by atoms with van der Waals surface area (Å²) in [5, 5.41) is 0. The second-order valence-electron chi connectivity index (χ2n) is 10.2. The summed E-state index contributed by atoms with van der Waals surface area (Å²) >= 11 is 0. The van der Waals surface area contributed by atoms with Gasteiger partial charge in [0.05, 0.1) is 13.7 Å². The number of rotatable bonds is 10. The number of methoxy groups -OCH3 is 1. The number of aryl methyl sites for hydroxylation is 1. The number of carbonyl (C=O) groups is 2. The number of hydrogen-bond donors (Lipinski definition) is 0. The van der Waals surface area contributed by atoms with Gasteiger partial charge in [-0.3, -0.25) is 14.6 Å². The first-order valence-corrected chi connectivity index (χ1v) is 13.8. The van der Waals surface area contributed by atoms with Crippen molar-refractivity contribution in [2.24, 2.45) is 0 Å². The van der Waals surface area contributed by atoms with E-state index in [1.165, 1.54) is 49.4 Å². The number of anilines is 2. The van der Waals surface area contributed by atoms with E-state index in [4.69, 9.17) is 4.74 Å². The van der Waals surface area contributed by atoms with Crippen LogP contribution in [0.4, 0.5) is 16.2 Å². The van der Waals surface area contributed by atoms with Crippen LogP contribution >= 0.6 is 0 Å². The summed E-state index contributed by atoms with van der Waals surface area (Å²) in [6.07, 6.45) is 5.11. The zero-order valence-electron chi connectivity index (χ0n) is 22.9. The Kier molecular flexibility index (Phi) is 9.09. The Morgan fingerprint density at radius 1 is 0.946 bits per heavy atom. The van der Waals surface area contributed by atoms with Gasteiger partial charge in [-0.05, 0) is 87.2 Å². The second-order valence-corrected chi connectivity index (χ2v) is 10.2. The van der Waals surface area contributed by atoms with Crippen LogP contribution in [0.2, 0.25) is 0 Å². The molecule has 0 N–H and O–H groups in total. The highest BCUT2D eigenvalue weighted by molar-refractivity contribution is 6.06. The molecule has 0 saturated carbocycles. The first kappa shape index (κ1) is 27.0. The molecular weight excluding hydrogens is 464 g/mol. The minimum absolute atomic E-state index is 0.130. The highest BCUT2D eigenvalue weighted by Crippen LogP contribution is 2.31. The van der Waals surface area contributed by atoms with E-state index in [1.54, 1.807) is 12.0 Å². The van der Waals surface area contributed by atoms with Crippen LogP contribution in [-0.2, 0) is 11.3 Å². The Labute approximate surface area is 222 Å². The van der Waals surface area contributed by atoms with E-state index >= 15 is 0 Å². The quantitative estimate of drug-likeness (QED) is 0.429. The monoisotopic (exact) mass is 506 g/mol. The Hall–Kier alpha value is -3.06. The van der Waals surface area contributed by atoms with Crippen molar-refractivity contribution in [2.75, 3.05) is 49.6 Å². The Balaban J connectivity index is 1.42. The fourth-order valence-corrected chi connectivity index (χ4v) is 5.66. The van der Waals surface area contributed by atoms with Gasteiger partial charge in [0, 0.05) is 43.5 Å². The smallest absolute Gasteiger partial charge is 0.331 e. The minimum Gasteiger partial charge on any atom is -0.497 e. The van der Waals surface area contributed by atoms with Gasteiger partial charge in [0.2, 0.25) is 5.91 Å². The van der Waals surface area contributed by atoms with Gasteiger partial charge in [-0.1, -0.05) is 26.0 Å². The summed E-state index contributed by atoms with van der Waals surface area (Å²) in [6.45, 7) is 11.8. The molecule has 0 unspecified atom stereocenters. The SMILES string of the molecule is CCCN(CCC)C1CCN(c2ccc(N3CCC(=O)N(Cc4ccc(OC)cc4)C3=O)c(C)c2)CC1. The zero-order valence-corrected chi connectivity index (χ0v) is 22.9. The Morgan fingerprint density at radius 3 is 2.22 bits per heavy atom. The van der Waals surface area contributed by atoms with E-state index in [-0.39, 0.29) is 18.5 Å². The molecule has 2 heterocycles. The van der Waals surface area contributed by atoms with Gasteiger partial charge in [0.25, 0.3) is 0 Å². The van der Waals surface area contributed by atoms with Gasteiger partial charge in [0.1, 0.15) is 5.75 Å². The van der Waals surface area contributed by atoms with E-state index in [0.29, 0.717) is 19.0 Å². The molecule has 2 fully saturated rings. The summed E-state index contributed by atoms with van der Waals surface area (Å²) in [5.41, 5.74) is 4.06. The molecule has 2 aliphatic rings. The van der Waals surface area contributed by atoms with Crippen LogP contribution in [0.3, 0.4) is 0 Å². The largest absolute Gasteiger partial charge is 0.497 e. The van der Waals surface area contributed by atoms with Crippen LogP contribution in [0, 0.1) is 6.92 Å². The Bertz CT molecular complexity index is 1060. The van der Waals surface area contributed by atoms with Crippen molar-refractivity contribution in [2.45, 2.75) is 65.5 Å². The summed E-state index contributed by atoms with van der Waals surface area (Å²) < 4.78 is 5.22. The van der Waals surface area contributed by atoms with Crippen molar-refractivity contribution in [3.63, 3.8) is 0 Å². The standard InChI is InChI=1S/C30H42N4O3/c1-5-16-31(17-6-2)25-13-18-32(19-14-25)26-9-12-28(23(3)21-26)33-20-15-29(35)34(30(33)36)22-24-7-10-27(37-4)11-8-24/h7-12,21,25H,5-6,13-20,22H2,1-4H3. The lowest BCUT2D eigenvalue weighted by Crippen LogP contribution is -2.52. The minimum atomic E-state index is -0.254. The van der Waals surface area contributed by atoms with Crippen LogP contribution in [0.1, 0.15) is 57.1 Å². The lowest BCUT2D eigenvalue weighted by molar-refractivity contribution is -0.129. The predicted octanol–water partition coefficient (Wildman–Crippen LogP) is 5.45. The molecule has 37 heavy (non-hydrogen) atoms. The second kappa shape index (κ2) is 12.5. The normalized spacial score (nSPS) is 17.2. The third-order valence-corrected chi connectivity index (χ3v) is 7.65. The molecular formula is C30H42N4O3. The molecule has 2 aromatic rings. The maximum absolute atomic E-state index is 13.4. The number of piperidine rings is 1. The van der Waals surface area contributed by atoms with E-state index in [2.05, 4.69) is 48.8 Å². The van der Waals surface area contributed by atoms with Crippen molar-refractivity contribution in [1.29, 1.82) is 0 Å². The third kappa shape index (κ3) is 6.27. The molecule has 7 nitrogen and oxygen atoms in total. The maximum atomic E-state index is 13.4. The van der Waals surface area contributed by atoms with Gasteiger partial charge in [-0.25, -0.2) is 4.79 Å². The number of ether oxygens (including phenoxy) is 1. The first-order valence-electron chi connectivity index (χ1n) is 13.8. The lowest BCUT2D eigenvalue weighted by atomic mass is 10.0. The molecule has 7 heteroatoms. The number of amides is 3. The third-order valence-electron chi connectivity index (χ3n) is 7.65. The molecule has 0 radical (unpaired) electrons. The van der Waals surface area contributed by atoms with Crippen molar-refractivity contribution in [3.8, 4) is 5.75 Å². The average Bonchev–Trinajstić information content (AvgIpc) is 2.92. The van der Waals surface area contributed by atoms with E-state index in [0.717, 1.165) is 35.7 Å². The molecule has 0 aromatic heterocycles. The summed E-state index contributed by atoms with van der Waals surface area (Å²) in [6, 6.07) is 14.3. The lowest BCUT2D eigenvalue weighted by Gasteiger charge is -2.40. The van der Waals surface area contributed by atoms with E-state index < -0.39 is 0 Å². The molecule has 3 amide bonds. The highest BCUT2D eigenvalue weighted by Gasteiger charge is 2.33. The van der Waals surface area contributed by atoms with Gasteiger partial charge < -0.3 is 14.5 Å². The molecule has 4 rings (SSSR count). The predicted molar refractivity (Wildman–Crippen MR) is 149 cm³/mol. The first-order chi connectivity index (χ1) is 17.9. The maximum Gasteiger partial charge on any atom is 0.331 e. The van der Waals surface area contributed by atoms with Crippen LogP contribution in [0.5, 0.6) is 5.75 Å². The van der Waals surface area contributed by atoms with Crippen LogP contribution in [0.15, 0.2) is 42.5 Å². The van der Waals surface area contributed by atoms with Gasteiger partial charge in [-0.15, -0.1) is 0 Å². The van der Waals surface area contributed by atoms with Gasteiger partial charge in [0.15, 0.2) is 0 Å². The van der Waals surface area contributed by atoms with E-state index in [9.17, 15) is 9.59 Å². The summed E-state index contributed by atoms with van der Waals surface area (Å²) in [7, 11) is 1.62. The molecule has 0 aliphatic carbocycles. The number of benzene rings is 2. The Morgan fingerprint density at radius 2 is 1.62 bits per heavy atom. The zero-order chi connectivity index (χ0) is 26.4. The molecule has 2 aromatic carbocycles. The summed E-state index contributed by atoms with van der Waals surface area (Å²) in [4.78, 5) is 34.3. The average molecular weight is 507 g/mol. The molecule has 200 valence electrons. The molecule has 2 aliphatic heterocycles. The molecule has 0 bridgehead atoms. The van der Waals surface area contributed by atoms with Crippen LogP contribution in [0.25, 0.3) is 0 Å². The van der Waals surface area contributed by atoms with Crippen molar-refractivity contribution >= 4 is 23.3 Å². The van der Waals surface area contributed by atoms with Gasteiger partial charge in [-0.2, -0.15) is 0 Å². The van der Waals surface area contributed by atoms with Crippen LogP contribution in [-0.4, -0.2) is 67.6 Å². The number of hydrogen-bond acceptors (Lipinski definition) is 5. The number of urea groups is 1. The number of nitrogens with zero attached hydrogens (tertiary/aromatic N) is 4. The van der Waals surface area contributed by atoms with Gasteiger partial charge >= 0.3 is 6.03 Å². The topological polar surface area (TPSA) is 56.3 Å². The number of imide groups is 1. The van der Waals surface area contributed by atoms with Crippen molar-refractivity contribution in [1.82, 2.24) is 9.80 Å². The van der Waals surface area contributed by atoms with E-state index in [1.807, 2.05) is 24.3 Å². The van der Waals surface area contributed by atoms with Crippen molar-refractivity contribution in [3.05, 3.63) is 53.6 Å². The van der Waals surface area contributed by atoms with Crippen molar-refractivity contribution < 1.29 is 14.3 Å². The molecule has 0 spiro atoms. The molecule has 0 atom stereocenters.